The normalized spacial score (nSPS) is 23.9. The van der Waals surface area contributed by atoms with Gasteiger partial charge in [-0.15, -0.1) is 0 Å². The van der Waals surface area contributed by atoms with Gasteiger partial charge in [-0.25, -0.2) is 9.37 Å². The van der Waals surface area contributed by atoms with Crippen molar-refractivity contribution in [1.82, 2.24) is 9.88 Å². The Hall–Kier alpha value is -2.98. The number of carbonyl (C=O) groups excluding carboxylic acids is 1. The molecule has 6 nitrogen and oxygen atoms in total. The number of nitriles is 1. The van der Waals surface area contributed by atoms with Gasteiger partial charge in [-0.05, 0) is 61.9 Å². The molecule has 1 aliphatic carbocycles. The molecule has 5 rings (SSSR count). The van der Waals surface area contributed by atoms with E-state index in [1.165, 1.54) is 12.1 Å². The number of halogens is 1. The molecule has 7 heteroatoms. The molecule has 1 saturated carbocycles. The first kappa shape index (κ1) is 20.0. The van der Waals surface area contributed by atoms with Gasteiger partial charge in [-0.2, -0.15) is 5.26 Å². The Morgan fingerprint density at radius 2 is 2.00 bits per heavy atom. The maximum Gasteiger partial charge on any atom is 0.248 e. The average molecular weight is 420 g/mol. The Balaban J connectivity index is 1.23. The van der Waals surface area contributed by atoms with Crippen LogP contribution in [-0.4, -0.2) is 47.6 Å². The van der Waals surface area contributed by atoms with Gasteiger partial charge >= 0.3 is 0 Å². The van der Waals surface area contributed by atoms with Gasteiger partial charge in [-0.3, -0.25) is 4.79 Å². The largest absolute Gasteiger partial charge is 0.360 e. The van der Waals surface area contributed by atoms with Crippen LogP contribution in [0, 0.1) is 17.1 Å². The number of nitrogens with zero attached hydrogens (tertiary/aromatic N) is 4. The van der Waals surface area contributed by atoms with Gasteiger partial charge in [0.15, 0.2) is 0 Å². The Labute approximate surface area is 181 Å². The molecule has 1 aromatic carbocycles. The molecule has 0 N–H and O–H groups in total. The third kappa shape index (κ3) is 3.66. The first-order chi connectivity index (χ1) is 15.1. The van der Waals surface area contributed by atoms with Crippen molar-refractivity contribution >= 4 is 11.7 Å². The lowest BCUT2D eigenvalue weighted by Crippen LogP contribution is -2.56. The summed E-state index contributed by atoms with van der Waals surface area (Å²) in [6.07, 6.45) is 6.28. The van der Waals surface area contributed by atoms with E-state index in [4.69, 9.17) is 10.00 Å². The highest BCUT2D eigenvalue weighted by molar-refractivity contribution is 5.78. The number of anilines is 1. The molecule has 3 aliphatic rings. The van der Waals surface area contributed by atoms with E-state index in [-0.39, 0.29) is 30.4 Å². The van der Waals surface area contributed by atoms with Crippen molar-refractivity contribution in [3.63, 3.8) is 0 Å². The van der Waals surface area contributed by atoms with Crippen molar-refractivity contribution in [3.05, 3.63) is 59.5 Å². The standard InChI is InChI=1S/C24H25FN4O2/c25-19-4-1-3-18(11-19)24(9-2-10-24)31-16-23(30)28-14-20-6-7-21(15-28)29(20)22-8-5-17(12-26)13-27-22/h1,3-5,8,11,13,20-21H,2,6-7,9-10,14-16H2. The Bertz CT molecular complexity index is 1000. The minimum Gasteiger partial charge on any atom is -0.360 e. The van der Waals surface area contributed by atoms with E-state index in [0.29, 0.717) is 18.7 Å². The number of rotatable bonds is 5. The molecule has 2 bridgehead atoms. The van der Waals surface area contributed by atoms with Crippen LogP contribution < -0.4 is 4.90 Å². The van der Waals surface area contributed by atoms with Gasteiger partial charge in [0.1, 0.15) is 24.3 Å². The van der Waals surface area contributed by atoms with Crippen molar-refractivity contribution in [1.29, 1.82) is 5.26 Å². The SMILES string of the molecule is N#Cc1ccc(N2C3CCC2CN(C(=O)COC2(c4cccc(F)c4)CCC2)C3)nc1. The molecule has 0 spiro atoms. The van der Waals surface area contributed by atoms with Gasteiger partial charge in [0, 0.05) is 31.4 Å². The molecule has 2 aliphatic heterocycles. The number of piperazine rings is 1. The third-order valence-electron chi connectivity index (χ3n) is 6.96. The molecular formula is C24H25FN4O2. The van der Waals surface area contributed by atoms with Crippen molar-refractivity contribution in [3.8, 4) is 6.07 Å². The van der Waals surface area contributed by atoms with E-state index in [0.717, 1.165) is 43.5 Å². The zero-order valence-electron chi connectivity index (χ0n) is 17.3. The molecule has 2 unspecified atom stereocenters. The van der Waals surface area contributed by atoms with Gasteiger partial charge in [0.2, 0.25) is 5.91 Å². The van der Waals surface area contributed by atoms with Gasteiger partial charge < -0.3 is 14.5 Å². The quantitative estimate of drug-likeness (QED) is 0.742. The maximum absolute atomic E-state index is 13.7. The molecule has 3 heterocycles. The predicted octanol–water partition coefficient (Wildman–Crippen LogP) is 3.37. The van der Waals surface area contributed by atoms with Crippen LogP contribution in [0.5, 0.6) is 0 Å². The number of ether oxygens (including phenoxy) is 1. The highest BCUT2D eigenvalue weighted by atomic mass is 19.1. The highest BCUT2D eigenvalue weighted by Crippen LogP contribution is 2.45. The summed E-state index contributed by atoms with van der Waals surface area (Å²) < 4.78 is 19.8. The molecule has 2 aromatic rings. The monoisotopic (exact) mass is 420 g/mol. The number of benzene rings is 1. The summed E-state index contributed by atoms with van der Waals surface area (Å²) in [5.74, 6) is 0.587. The van der Waals surface area contributed by atoms with Gasteiger partial charge in [0.05, 0.1) is 11.2 Å². The van der Waals surface area contributed by atoms with Crippen LogP contribution in [0.2, 0.25) is 0 Å². The van der Waals surface area contributed by atoms with Crippen LogP contribution in [0.3, 0.4) is 0 Å². The maximum atomic E-state index is 13.7. The van der Waals surface area contributed by atoms with Crippen LogP contribution in [0.15, 0.2) is 42.6 Å². The minimum atomic E-state index is -0.537. The lowest BCUT2D eigenvalue weighted by molar-refractivity contribution is -0.154. The summed E-state index contributed by atoms with van der Waals surface area (Å²) in [4.78, 5) is 21.6. The predicted molar refractivity (Wildman–Crippen MR) is 113 cm³/mol. The average Bonchev–Trinajstić information content (AvgIpc) is 3.02. The number of hydrogen-bond donors (Lipinski definition) is 0. The zero-order valence-corrected chi connectivity index (χ0v) is 17.3. The van der Waals surface area contributed by atoms with Crippen LogP contribution in [0.4, 0.5) is 10.2 Å². The molecule has 1 amide bonds. The zero-order chi connectivity index (χ0) is 21.4. The number of amides is 1. The summed E-state index contributed by atoms with van der Waals surface area (Å²) in [5.41, 5.74) is 0.832. The molecule has 3 fully saturated rings. The summed E-state index contributed by atoms with van der Waals surface area (Å²) in [7, 11) is 0. The van der Waals surface area contributed by atoms with Crippen molar-refractivity contribution in [2.75, 3.05) is 24.6 Å². The fraction of sp³-hybridized carbons (Fsp3) is 0.458. The van der Waals surface area contributed by atoms with Gasteiger partial charge in [-0.1, -0.05) is 12.1 Å². The molecule has 2 atom stereocenters. The van der Waals surface area contributed by atoms with E-state index in [9.17, 15) is 9.18 Å². The Morgan fingerprint density at radius 1 is 1.23 bits per heavy atom. The van der Waals surface area contributed by atoms with Crippen LogP contribution in [0.25, 0.3) is 0 Å². The third-order valence-corrected chi connectivity index (χ3v) is 6.96. The smallest absolute Gasteiger partial charge is 0.248 e. The summed E-state index contributed by atoms with van der Waals surface area (Å²) in [6, 6.07) is 12.8. The van der Waals surface area contributed by atoms with E-state index >= 15 is 0 Å². The van der Waals surface area contributed by atoms with E-state index < -0.39 is 5.60 Å². The number of carbonyl (C=O) groups is 1. The molecule has 160 valence electrons. The van der Waals surface area contributed by atoms with Crippen LogP contribution >= 0.6 is 0 Å². The first-order valence-corrected chi connectivity index (χ1v) is 10.9. The van der Waals surface area contributed by atoms with Crippen molar-refractivity contribution in [2.24, 2.45) is 0 Å². The molecule has 0 radical (unpaired) electrons. The Kier molecular flexibility index (Phi) is 5.11. The number of pyridine rings is 1. The number of hydrogen-bond acceptors (Lipinski definition) is 5. The van der Waals surface area contributed by atoms with E-state index in [1.807, 2.05) is 17.0 Å². The topological polar surface area (TPSA) is 69.5 Å². The lowest BCUT2D eigenvalue weighted by atomic mass is 9.75. The summed E-state index contributed by atoms with van der Waals surface area (Å²) in [5, 5.41) is 8.99. The molecule has 2 saturated heterocycles. The number of fused-ring (bicyclic) bond motifs is 2. The number of likely N-dealkylation sites (tertiary alicyclic amines) is 1. The lowest BCUT2D eigenvalue weighted by Gasteiger charge is -2.44. The molecule has 1 aromatic heterocycles. The summed E-state index contributed by atoms with van der Waals surface area (Å²) >= 11 is 0. The minimum absolute atomic E-state index is 0.00739. The van der Waals surface area contributed by atoms with E-state index in [1.54, 1.807) is 18.3 Å². The molecule has 31 heavy (non-hydrogen) atoms. The van der Waals surface area contributed by atoms with Gasteiger partial charge in [0.25, 0.3) is 0 Å². The highest BCUT2D eigenvalue weighted by Gasteiger charge is 2.44. The molecular weight excluding hydrogens is 395 g/mol. The summed E-state index contributed by atoms with van der Waals surface area (Å²) in [6.45, 7) is 1.31. The van der Waals surface area contributed by atoms with Crippen molar-refractivity contribution < 1.29 is 13.9 Å². The fourth-order valence-corrected chi connectivity index (χ4v) is 5.16. The number of aromatic nitrogens is 1. The fourth-order valence-electron chi connectivity index (χ4n) is 5.16. The second kappa shape index (κ2) is 7.93. The van der Waals surface area contributed by atoms with E-state index in [2.05, 4.69) is 16.0 Å². The second-order valence-electron chi connectivity index (χ2n) is 8.75. The van der Waals surface area contributed by atoms with Crippen LogP contribution in [-0.2, 0) is 15.1 Å². The first-order valence-electron chi connectivity index (χ1n) is 10.9. The van der Waals surface area contributed by atoms with Crippen molar-refractivity contribution in [2.45, 2.75) is 49.8 Å². The van der Waals surface area contributed by atoms with Crippen LogP contribution in [0.1, 0.15) is 43.2 Å². The Morgan fingerprint density at radius 3 is 2.58 bits per heavy atom. The second-order valence-corrected chi connectivity index (χ2v) is 8.75.